The van der Waals surface area contributed by atoms with Crippen molar-refractivity contribution in [2.45, 2.75) is 47.0 Å². The Morgan fingerprint density at radius 1 is 0.929 bits per heavy atom. The lowest BCUT2D eigenvalue weighted by atomic mass is 9.78. The van der Waals surface area contributed by atoms with Crippen LogP contribution in [0.4, 0.5) is 0 Å². The van der Waals surface area contributed by atoms with Crippen molar-refractivity contribution in [2.24, 2.45) is 17.3 Å². The molecule has 2 heteroatoms. The summed E-state index contributed by atoms with van der Waals surface area (Å²) in [4.78, 5) is 0. The van der Waals surface area contributed by atoms with E-state index in [0.29, 0.717) is 17.7 Å². The minimum absolute atomic E-state index is 0.168. The second-order valence-corrected chi connectivity index (χ2v) is 5.83. The van der Waals surface area contributed by atoms with Gasteiger partial charge in [0.15, 0.2) is 0 Å². The maximum absolute atomic E-state index is 6.07. The predicted molar refractivity (Wildman–Crippen MR) is 67.4 cm³/mol. The molecule has 0 aromatic carbocycles. The summed E-state index contributed by atoms with van der Waals surface area (Å²) in [7, 11) is 0. The molecular weight excluding hydrogens is 215 g/mol. The Morgan fingerprint density at radius 3 is 1.71 bits per heavy atom. The minimum Gasteiger partial charge on any atom is -0.126 e. The zero-order chi connectivity index (χ0) is 11.2. The van der Waals surface area contributed by atoms with Crippen molar-refractivity contribution in [3.05, 3.63) is 0 Å². The van der Waals surface area contributed by atoms with Gasteiger partial charge in [-0.1, -0.05) is 34.1 Å². The summed E-state index contributed by atoms with van der Waals surface area (Å²) in [5.41, 5.74) is 0.168. The third-order valence-corrected chi connectivity index (χ3v) is 3.79. The molecule has 0 saturated heterocycles. The van der Waals surface area contributed by atoms with Gasteiger partial charge in [0.05, 0.1) is 0 Å². The first-order chi connectivity index (χ1) is 6.45. The van der Waals surface area contributed by atoms with Crippen molar-refractivity contribution < 1.29 is 0 Å². The summed E-state index contributed by atoms with van der Waals surface area (Å²) in [6.45, 7) is 8.98. The van der Waals surface area contributed by atoms with Crippen LogP contribution in [0.3, 0.4) is 0 Å². The fourth-order valence-electron chi connectivity index (χ4n) is 1.84. The minimum atomic E-state index is 0.168. The van der Waals surface area contributed by atoms with Gasteiger partial charge >= 0.3 is 0 Å². The van der Waals surface area contributed by atoms with Gasteiger partial charge < -0.3 is 0 Å². The van der Waals surface area contributed by atoms with E-state index in [9.17, 15) is 0 Å². The Morgan fingerprint density at radius 2 is 1.43 bits per heavy atom. The highest BCUT2D eigenvalue weighted by Crippen LogP contribution is 2.35. The molecule has 0 unspecified atom stereocenters. The quantitative estimate of drug-likeness (QED) is 0.552. The van der Waals surface area contributed by atoms with Crippen LogP contribution < -0.4 is 0 Å². The Bertz CT molecular complexity index is 137. The first-order valence-corrected chi connectivity index (χ1v) is 6.64. The number of alkyl halides is 2. The molecule has 0 spiro atoms. The Hall–Kier alpha value is 0.580. The van der Waals surface area contributed by atoms with Crippen LogP contribution in [-0.4, -0.2) is 11.8 Å². The summed E-state index contributed by atoms with van der Waals surface area (Å²) in [5, 5.41) is 0. The van der Waals surface area contributed by atoms with Gasteiger partial charge in [0.1, 0.15) is 0 Å². The third kappa shape index (κ3) is 5.46. The van der Waals surface area contributed by atoms with Crippen LogP contribution in [0.2, 0.25) is 0 Å². The van der Waals surface area contributed by atoms with Crippen LogP contribution in [0.15, 0.2) is 0 Å². The molecule has 0 rings (SSSR count). The van der Waals surface area contributed by atoms with Gasteiger partial charge in [0.2, 0.25) is 0 Å². The second kappa shape index (κ2) is 6.95. The van der Waals surface area contributed by atoms with Gasteiger partial charge in [0, 0.05) is 11.8 Å². The molecule has 0 fully saturated rings. The third-order valence-electron chi connectivity index (χ3n) is 2.66. The molecule has 0 amide bonds. The lowest BCUT2D eigenvalue weighted by Crippen LogP contribution is -2.27. The molecule has 0 nitrogen and oxygen atoms in total. The summed E-state index contributed by atoms with van der Waals surface area (Å²) in [6.07, 6.45) is 3.54. The predicted octanol–water partition coefficient (Wildman–Crippen LogP) is 4.93. The van der Waals surface area contributed by atoms with Crippen LogP contribution in [0.1, 0.15) is 47.0 Å². The van der Waals surface area contributed by atoms with Crippen molar-refractivity contribution in [3.63, 3.8) is 0 Å². The molecule has 0 aliphatic heterocycles. The fourth-order valence-corrected chi connectivity index (χ4v) is 2.61. The standard InChI is InChI=1S/C12H24Cl2/c1-10(2)5-6-12(8-13,9-14)7-11(3)4/h10-11H,5-9H2,1-4H3. The monoisotopic (exact) mass is 238 g/mol. The molecule has 14 heavy (non-hydrogen) atoms. The fraction of sp³-hybridized carbons (Fsp3) is 1.00. The normalized spacial score (nSPS) is 12.9. The van der Waals surface area contributed by atoms with E-state index in [1.54, 1.807) is 0 Å². The van der Waals surface area contributed by atoms with Crippen molar-refractivity contribution in [1.82, 2.24) is 0 Å². The van der Waals surface area contributed by atoms with E-state index in [2.05, 4.69) is 27.7 Å². The Labute approximate surface area is 99.4 Å². The molecule has 86 valence electrons. The molecule has 0 bridgehead atoms. The maximum Gasteiger partial charge on any atom is 0.0291 e. The van der Waals surface area contributed by atoms with Crippen LogP contribution in [0.5, 0.6) is 0 Å². The Kier molecular flexibility index (Phi) is 7.24. The second-order valence-electron chi connectivity index (χ2n) is 5.30. The van der Waals surface area contributed by atoms with E-state index in [1.165, 1.54) is 6.42 Å². The average Bonchev–Trinajstić information content (AvgIpc) is 2.11. The number of hydrogen-bond acceptors (Lipinski definition) is 0. The SMILES string of the molecule is CC(C)CCC(CCl)(CCl)CC(C)C. The highest BCUT2D eigenvalue weighted by atomic mass is 35.5. The molecule has 0 N–H and O–H groups in total. The van der Waals surface area contributed by atoms with Crippen molar-refractivity contribution in [2.75, 3.05) is 11.8 Å². The average molecular weight is 239 g/mol. The van der Waals surface area contributed by atoms with Gasteiger partial charge in [-0.15, -0.1) is 23.2 Å². The van der Waals surface area contributed by atoms with E-state index < -0.39 is 0 Å². The van der Waals surface area contributed by atoms with Crippen molar-refractivity contribution in [1.29, 1.82) is 0 Å². The smallest absolute Gasteiger partial charge is 0.0291 e. The highest BCUT2D eigenvalue weighted by Gasteiger charge is 2.29. The van der Waals surface area contributed by atoms with Gasteiger partial charge in [-0.25, -0.2) is 0 Å². The van der Waals surface area contributed by atoms with Crippen LogP contribution in [-0.2, 0) is 0 Å². The van der Waals surface area contributed by atoms with Crippen LogP contribution >= 0.6 is 23.2 Å². The summed E-state index contributed by atoms with van der Waals surface area (Å²) >= 11 is 12.1. The van der Waals surface area contributed by atoms with Crippen LogP contribution in [0.25, 0.3) is 0 Å². The first kappa shape index (κ1) is 14.6. The number of halogens is 2. The molecular formula is C12H24Cl2. The molecule has 0 atom stereocenters. The molecule has 0 aliphatic carbocycles. The van der Waals surface area contributed by atoms with Crippen molar-refractivity contribution in [3.8, 4) is 0 Å². The van der Waals surface area contributed by atoms with E-state index in [4.69, 9.17) is 23.2 Å². The molecule has 0 aromatic heterocycles. The lowest BCUT2D eigenvalue weighted by molar-refractivity contribution is 0.256. The van der Waals surface area contributed by atoms with Gasteiger partial charge in [-0.05, 0) is 30.1 Å². The zero-order valence-electron chi connectivity index (χ0n) is 9.95. The van der Waals surface area contributed by atoms with E-state index in [1.807, 2.05) is 0 Å². The van der Waals surface area contributed by atoms with Gasteiger partial charge in [-0.2, -0.15) is 0 Å². The largest absolute Gasteiger partial charge is 0.126 e. The van der Waals surface area contributed by atoms with Gasteiger partial charge in [-0.3, -0.25) is 0 Å². The van der Waals surface area contributed by atoms with E-state index in [0.717, 1.165) is 18.8 Å². The number of rotatable bonds is 7. The topological polar surface area (TPSA) is 0 Å². The van der Waals surface area contributed by atoms with E-state index in [-0.39, 0.29) is 5.41 Å². The Balaban J connectivity index is 4.21. The first-order valence-electron chi connectivity index (χ1n) is 5.57. The summed E-state index contributed by atoms with van der Waals surface area (Å²) in [6, 6.07) is 0. The lowest BCUT2D eigenvalue weighted by Gasteiger charge is -2.32. The summed E-state index contributed by atoms with van der Waals surface area (Å²) < 4.78 is 0. The molecule has 0 heterocycles. The molecule has 0 saturated carbocycles. The molecule has 0 aromatic rings. The summed E-state index contributed by atoms with van der Waals surface area (Å²) in [5.74, 6) is 2.82. The van der Waals surface area contributed by atoms with Gasteiger partial charge in [0.25, 0.3) is 0 Å². The van der Waals surface area contributed by atoms with Crippen molar-refractivity contribution >= 4 is 23.2 Å². The van der Waals surface area contributed by atoms with Crippen LogP contribution in [0, 0.1) is 17.3 Å². The number of hydrogen-bond donors (Lipinski definition) is 0. The highest BCUT2D eigenvalue weighted by molar-refractivity contribution is 6.21. The van der Waals surface area contributed by atoms with E-state index >= 15 is 0 Å². The molecule has 0 aliphatic rings. The molecule has 0 radical (unpaired) electrons. The zero-order valence-corrected chi connectivity index (χ0v) is 11.5. The maximum atomic E-state index is 6.07.